The quantitative estimate of drug-likeness (QED) is 0.0515. The Morgan fingerprint density at radius 3 is 1.17 bits per heavy atom. The molecule has 0 atom stereocenters. The van der Waals surface area contributed by atoms with Crippen LogP contribution in [0, 0.1) is 11.6 Å². The van der Waals surface area contributed by atoms with E-state index >= 15 is 0 Å². The standard InChI is InChI=1S/C27H21NO6S.2C26H18FNO5S.C23H18BrNO4S/c1-32-17-9-7-10-18(14-17)35-25-23(29)22-24(34-27(25)31)19-11-4-5-12-20(19)28(26(22)30)15-16-8-3-6-13-21(16)33-2;1-32-17-8-5-9-18(13-17)34-24-22(29)21-23(33-26(24)31)19-10-2-3-11-20(19)28(25(21)30)14-15-6-4-7-16(27)12-15;1-32-17-9-11-18(12-10-17)34-24-22(29)21-23(33-26(24)31)19-7-2-3-8-20(19)28(25(21)30)14-15-5-4-6-16(27)13-15;1-13(2)25-17(14-7-4-3-5-8-14)12-18-19(22(25)27)20(26)21(23(28)29-18)30-16-10-6-9-15(24)11-16/h3-14,29H,15H2,1-2H3;2*2-13,29H,14H2,1H3;3-13,26H,1-2H3. The van der Waals surface area contributed by atoms with E-state index in [1.165, 1.54) is 40.5 Å². The third-order valence-electron chi connectivity index (χ3n) is 21.3. The summed E-state index contributed by atoms with van der Waals surface area (Å²) in [5, 5.41) is 45.5. The van der Waals surface area contributed by atoms with Crippen molar-refractivity contribution in [1.29, 1.82) is 0 Å². The summed E-state index contributed by atoms with van der Waals surface area (Å²) in [6, 6.07) is 79.4. The SMILES string of the molecule is CC(C)n1c(-c2ccccc2)cc2oc(=O)c(Sc3cccc(Br)c3)c(O)c2c1=O.COc1ccc(Sc2c(O)c3c(=O)n(Cc4cccc(F)c4)c4ccccc4c3oc2=O)cc1.COc1cccc(Sc2c(O)c3c(=O)n(Cc4cccc(F)c4)c4ccccc4c3oc2=O)c1.COc1cccc(Sc2c(O)c3c(=O)n(Cc4ccccc4OC)c4ccccc4c3oc2=O)c1. The number of hydrogen-bond donors (Lipinski definition) is 4. The van der Waals surface area contributed by atoms with E-state index in [0.717, 1.165) is 67.5 Å². The molecule has 0 aliphatic carbocycles. The van der Waals surface area contributed by atoms with Gasteiger partial charge < -0.3 is 75.3 Å². The number of aromatic hydroxyl groups is 4. The molecule has 0 amide bonds. The van der Waals surface area contributed by atoms with Crippen LogP contribution < -0.4 is 63.7 Å². The molecule has 0 spiro atoms. The zero-order chi connectivity index (χ0) is 93.6. The van der Waals surface area contributed by atoms with Crippen molar-refractivity contribution in [3.8, 4) is 57.3 Å². The van der Waals surface area contributed by atoms with E-state index in [4.69, 9.17) is 36.6 Å². The van der Waals surface area contributed by atoms with Gasteiger partial charge in [-0.3, -0.25) is 19.2 Å². The zero-order valence-electron chi connectivity index (χ0n) is 71.1. The fourth-order valence-corrected chi connectivity index (χ4v) is 19.2. The van der Waals surface area contributed by atoms with Crippen LogP contribution in [0.3, 0.4) is 0 Å². The number of aromatic nitrogens is 4. The summed E-state index contributed by atoms with van der Waals surface area (Å²) in [4.78, 5) is 108. The van der Waals surface area contributed by atoms with Crippen LogP contribution in [0.2, 0.25) is 0 Å². The minimum absolute atomic E-state index is 0.000443. The van der Waals surface area contributed by atoms with Gasteiger partial charge in [-0.05, 0) is 176 Å². The molecule has 133 heavy (non-hydrogen) atoms. The number of methoxy groups -OCH3 is 4. The molecule has 0 fully saturated rings. The normalized spacial score (nSPS) is 11.2. The Morgan fingerprint density at radius 1 is 0.353 bits per heavy atom. The molecule has 8 aromatic heterocycles. The van der Waals surface area contributed by atoms with Gasteiger partial charge in [0.05, 0.1) is 70.3 Å². The van der Waals surface area contributed by atoms with E-state index in [2.05, 4.69) is 15.9 Å². The zero-order valence-corrected chi connectivity index (χ0v) is 76.0. The lowest BCUT2D eigenvalue weighted by Gasteiger charge is -2.18. The van der Waals surface area contributed by atoms with E-state index in [-0.39, 0.29) is 94.9 Å². The minimum Gasteiger partial charge on any atom is -0.505 e. The van der Waals surface area contributed by atoms with Crippen molar-refractivity contribution in [2.75, 3.05) is 28.4 Å². The van der Waals surface area contributed by atoms with Gasteiger partial charge in [0.25, 0.3) is 22.2 Å². The third kappa shape index (κ3) is 19.0. The number of nitrogens with zero attached hydrogens (tertiary/aromatic N) is 4. The summed E-state index contributed by atoms with van der Waals surface area (Å²) in [6.07, 6.45) is 0. The van der Waals surface area contributed by atoms with Crippen LogP contribution in [-0.4, -0.2) is 67.1 Å². The topological polar surface area (TPSA) is 327 Å². The first kappa shape index (κ1) is 91.3. The maximum absolute atomic E-state index is 13.8. The fraction of sp³-hybridized carbons (Fsp3) is 0.0980. The van der Waals surface area contributed by atoms with E-state index in [9.17, 15) is 67.6 Å². The lowest BCUT2D eigenvalue weighted by molar-refractivity contribution is 0.408. The minimum atomic E-state index is -0.759. The fourth-order valence-electron chi connectivity index (χ4n) is 15.2. The molecule has 19 rings (SSSR count). The molecule has 0 saturated carbocycles. The van der Waals surface area contributed by atoms with Crippen molar-refractivity contribution in [3.05, 3.63) is 395 Å². The Hall–Kier alpha value is -15.0. The highest BCUT2D eigenvalue weighted by Crippen LogP contribution is 2.44. The first-order valence-corrected chi connectivity index (χ1v) is 44.8. The summed E-state index contributed by atoms with van der Waals surface area (Å²) in [5.41, 5.74) is 0.216. The van der Waals surface area contributed by atoms with Crippen molar-refractivity contribution in [2.24, 2.45) is 0 Å². The number of fused-ring (bicyclic) bond motifs is 10. The second kappa shape index (κ2) is 39.7. The van der Waals surface area contributed by atoms with E-state index in [1.807, 2.05) is 92.7 Å². The van der Waals surface area contributed by atoms with Crippen LogP contribution in [0.15, 0.2) is 379 Å². The Balaban J connectivity index is 0.000000129. The van der Waals surface area contributed by atoms with Gasteiger partial charge >= 0.3 is 22.5 Å². The van der Waals surface area contributed by atoms with Gasteiger partial charge in [-0.2, -0.15) is 0 Å². The maximum atomic E-state index is 13.8. The summed E-state index contributed by atoms with van der Waals surface area (Å²) < 4.78 is 77.8. The van der Waals surface area contributed by atoms with E-state index in [1.54, 1.807) is 206 Å². The molecule has 31 heteroatoms. The van der Waals surface area contributed by atoms with Crippen LogP contribution in [0.1, 0.15) is 36.6 Å². The number of para-hydroxylation sites is 4. The Labute approximate surface area is 777 Å². The lowest BCUT2D eigenvalue weighted by atomic mass is 10.1. The van der Waals surface area contributed by atoms with Crippen molar-refractivity contribution >= 4 is 140 Å². The molecular formula is C102H75BrF2N4O20S4. The lowest BCUT2D eigenvalue weighted by Crippen LogP contribution is -2.24. The highest BCUT2D eigenvalue weighted by Gasteiger charge is 2.29. The molecule has 11 aromatic carbocycles. The third-order valence-corrected chi connectivity index (χ3v) is 26.0. The van der Waals surface area contributed by atoms with Gasteiger partial charge in [-0.15, -0.1) is 0 Å². The smallest absolute Gasteiger partial charge is 0.354 e. The first-order valence-electron chi connectivity index (χ1n) is 40.7. The highest BCUT2D eigenvalue weighted by atomic mass is 79.9. The average molecular weight is 1920 g/mol. The van der Waals surface area contributed by atoms with Crippen molar-refractivity contribution < 1.29 is 65.8 Å². The highest BCUT2D eigenvalue weighted by molar-refractivity contribution is 9.10. The Kier molecular flexibility index (Phi) is 27.3. The molecule has 0 bridgehead atoms. The van der Waals surface area contributed by atoms with Gasteiger partial charge in [-0.25, -0.2) is 28.0 Å². The molecule has 0 saturated heterocycles. The van der Waals surface area contributed by atoms with E-state index in [0.29, 0.717) is 87.2 Å². The summed E-state index contributed by atoms with van der Waals surface area (Å²) in [5.74, 6) is -0.0305. The number of benzene rings is 11. The predicted molar refractivity (Wildman–Crippen MR) is 515 cm³/mol. The molecule has 668 valence electrons. The Morgan fingerprint density at radius 2 is 0.737 bits per heavy atom. The number of pyridine rings is 4. The molecule has 0 radical (unpaired) electrons. The molecule has 19 aromatic rings. The predicted octanol–water partition coefficient (Wildman–Crippen LogP) is 21.2. The largest absolute Gasteiger partial charge is 0.505 e. The van der Waals surface area contributed by atoms with Gasteiger partial charge in [0.15, 0.2) is 39.7 Å². The van der Waals surface area contributed by atoms with Crippen LogP contribution in [-0.2, 0) is 19.6 Å². The van der Waals surface area contributed by atoms with E-state index < -0.39 is 73.6 Å². The van der Waals surface area contributed by atoms with Crippen LogP contribution in [0.4, 0.5) is 8.78 Å². The molecule has 0 aliphatic rings. The monoisotopic (exact) mass is 1920 g/mol. The molecule has 24 nitrogen and oxygen atoms in total. The van der Waals surface area contributed by atoms with Crippen LogP contribution >= 0.6 is 63.0 Å². The maximum Gasteiger partial charge on any atom is 0.354 e. The molecule has 0 unspecified atom stereocenters. The molecule has 4 N–H and O–H groups in total. The van der Waals surface area contributed by atoms with Crippen LogP contribution in [0.5, 0.6) is 46.0 Å². The second-order valence-electron chi connectivity index (χ2n) is 30.0. The molecular weight excluding hydrogens is 1850 g/mol. The number of ether oxygens (including phenoxy) is 4. The number of hydrogen-bond acceptors (Lipinski definition) is 24. The average Bonchev–Trinajstić information content (AvgIpc) is 0.744. The molecule has 8 heterocycles. The number of rotatable bonds is 20. The number of halogens is 3. The second-order valence-corrected chi connectivity index (χ2v) is 35.2. The van der Waals surface area contributed by atoms with Crippen molar-refractivity contribution in [1.82, 2.24) is 18.3 Å². The van der Waals surface area contributed by atoms with Gasteiger partial charge in [0.1, 0.15) is 81.3 Å². The van der Waals surface area contributed by atoms with Gasteiger partial charge in [0.2, 0.25) is 0 Å². The molecule has 0 aliphatic heterocycles. The summed E-state index contributed by atoms with van der Waals surface area (Å²) in [6.45, 7) is 4.15. The summed E-state index contributed by atoms with van der Waals surface area (Å²) in [7, 11) is 6.19. The van der Waals surface area contributed by atoms with Gasteiger partial charge in [-0.1, -0.05) is 190 Å². The van der Waals surface area contributed by atoms with Crippen molar-refractivity contribution in [2.45, 2.75) is 78.7 Å². The van der Waals surface area contributed by atoms with Crippen LogP contribution in [0.25, 0.3) is 87.8 Å². The first-order chi connectivity index (χ1) is 64.3. The summed E-state index contributed by atoms with van der Waals surface area (Å²) >= 11 is 7.43. The van der Waals surface area contributed by atoms with Crippen molar-refractivity contribution in [3.63, 3.8) is 0 Å². The van der Waals surface area contributed by atoms with Gasteiger partial charge in [0, 0.05) is 57.9 Å². The Bertz CT molecular complexity index is 8310.